The Morgan fingerprint density at radius 3 is 2.62 bits per heavy atom. The summed E-state index contributed by atoms with van der Waals surface area (Å²) >= 11 is 6.11. The molecule has 0 saturated carbocycles. The van der Waals surface area contributed by atoms with Crippen LogP contribution in [0.5, 0.6) is 5.88 Å². The maximum absolute atomic E-state index is 11.8. The fraction of sp³-hybridized carbons (Fsp3) is 0.214. The summed E-state index contributed by atoms with van der Waals surface area (Å²) in [4.78, 5) is 4.29. The molecule has 7 heteroatoms. The molecule has 0 saturated heterocycles. The molecule has 112 valence electrons. The average Bonchev–Trinajstić information content (AvgIpc) is 2.45. The number of halogens is 1. The molecule has 1 aromatic carbocycles. The molecule has 0 fully saturated rings. The van der Waals surface area contributed by atoms with E-state index in [1.54, 1.807) is 36.5 Å². The second kappa shape index (κ2) is 6.32. The summed E-state index contributed by atoms with van der Waals surface area (Å²) in [6.07, 6.45) is 2.77. The van der Waals surface area contributed by atoms with Crippen LogP contribution in [0.15, 0.2) is 41.4 Å². The number of sulfone groups is 1. The molecule has 0 amide bonds. The zero-order valence-corrected chi connectivity index (χ0v) is 13.2. The van der Waals surface area contributed by atoms with Crippen LogP contribution in [-0.4, -0.2) is 26.8 Å². The predicted molar refractivity (Wildman–Crippen MR) is 82.7 cm³/mol. The maximum Gasteiger partial charge on any atom is 0.213 e. The van der Waals surface area contributed by atoms with Crippen molar-refractivity contribution >= 4 is 27.1 Å². The molecule has 1 heterocycles. The highest BCUT2D eigenvalue weighted by atomic mass is 35.5. The Hall–Kier alpha value is -1.79. The molecule has 0 radical (unpaired) electrons. The predicted octanol–water partition coefficient (Wildman–Crippen LogP) is 2.76. The number of methoxy groups -OCH3 is 1. The van der Waals surface area contributed by atoms with Crippen molar-refractivity contribution in [3.63, 3.8) is 0 Å². The monoisotopic (exact) mass is 326 g/mol. The lowest BCUT2D eigenvalue weighted by molar-refractivity contribution is 0.398. The summed E-state index contributed by atoms with van der Waals surface area (Å²) < 4.78 is 28.5. The highest BCUT2D eigenvalue weighted by molar-refractivity contribution is 7.90. The number of anilines is 1. The van der Waals surface area contributed by atoms with E-state index in [0.717, 1.165) is 11.9 Å². The Morgan fingerprint density at radius 1 is 1.29 bits per heavy atom. The van der Waals surface area contributed by atoms with Gasteiger partial charge in [0.05, 0.1) is 23.9 Å². The lowest BCUT2D eigenvalue weighted by Gasteiger charge is -2.12. The van der Waals surface area contributed by atoms with Crippen LogP contribution in [0.25, 0.3) is 0 Å². The number of nitrogens with zero attached hydrogens (tertiary/aromatic N) is 1. The van der Waals surface area contributed by atoms with Gasteiger partial charge in [0.2, 0.25) is 5.88 Å². The van der Waals surface area contributed by atoms with E-state index < -0.39 is 9.84 Å². The third-order valence-electron chi connectivity index (χ3n) is 2.89. The molecule has 21 heavy (non-hydrogen) atoms. The molecule has 0 aliphatic rings. The van der Waals surface area contributed by atoms with Crippen LogP contribution in [0.2, 0.25) is 5.02 Å². The summed E-state index contributed by atoms with van der Waals surface area (Å²) in [6, 6.07) is 8.34. The van der Waals surface area contributed by atoms with E-state index in [2.05, 4.69) is 10.3 Å². The maximum atomic E-state index is 11.8. The molecule has 5 nitrogen and oxygen atoms in total. The number of ether oxygens (including phenoxy) is 1. The van der Waals surface area contributed by atoms with Crippen LogP contribution in [0.3, 0.4) is 0 Å². The molecule has 2 aromatic rings. The van der Waals surface area contributed by atoms with Gasteiger partial charge in [0.1, 0.15) is 0 Å². The lowest BCUT2D eigenvalue weighted by Crippen LogP contribution is -2.08. The minimum atomic E-state index is -3.33. The van der Waals surface area contributed by atoms with Crippen molar-refractivity contribution in [3.05, 3.63) is 47.1 Å². The van der Waals surface area contributed by atoms with Crippen molar-refractivity contribution in [2.75, 3.05) is 18.7 Å². The third kappa shape index (κ3) is 3.86. The third-order valence-corrected chi connectivity index (χ3v) is 4.43. The Morgan fingerprint density at radius 2 is 2.05 bits per heavy atom. The topological polar surface area (TPSA) is 68.3 Å². The fourth-order valence-corrected chi connectivity index (χ4v) is 3.11. The quantitative estimate of drug-likeness (QED) is 0.915. The van der Waals surface area contributed by atoms with Crippen LogP contribution in [0.4, 0.5) is 5.69 Å². The average molecular weight is 327 g/mol. The van der Waals surface area contributed by atoms with Gasteiger partial charge in [-0.2, -0.15) is 0 Å². The number of rotatable bonds is 5. The van der Waals surface area contributed by atoms with Gasteiger partial charge in [-0.3, -0.25) is 0 Å². The van der Waals surface area contributed by atoms with Crippen LogP contribution >= 0.6 is 11.6 Å². The summed E-state index contributed by atoms with van der Waals surface area (Å²) in [5.74, 6) is 0.509. The molecule has 2 rings (SSSR count). The first-order chi connectivity index (χ1) is 9.91. The van der Waals surface area contributed by atoms with Gasteiger partial charge in [0.15, 0.2) is 9.84 Å². The Labute approximate surface area is 128 Å². The number of pyridine rings is 1. The van der Waals surface area contributed by atoms with Crippen LogP contribution in [0, 0.1) is 0 Å². The Bertz CT molecular complexity index is 730. The van der Waals surface area contributed by atoms with Gasteiger partial charge in [0, 0.05) is 29.5 Å². The molecule has 0 atom stereocenters. The van der Waals surface area contributed by atoms with E-state index in [4.69, 9.17) is 16.3 Å². The van der Waals surface area contributed by atoms with Gasteiger partial charge in [-0.25, -0.2) is 13.4 Å². The smallest absolute Gasteiger partial charge is 0.213 e. The van der Waals surface area contributed by atoms with Crippen LogP contribution in [-0.2, 0) is 16.4 Å². The number of benzene rings is 1. The zero-order valence-electron chi connectivity index (χ0n) is 11.6. The minimum Gasteiger partial charge on any atom is -0.481 e. The van der Waals surface area contributed by atoms with Crippen molar-refractivity contribution < 1.29 is 13.2 Å². The highest BCUT2D eigenvalue weighted by Gasteiger charge is 2.15. The van der Waals surface area contributed by atoms with Gasteiger partial charge in [-0.05, 0) is 18.2 Å². The van der Waals surface area contributed by atoms with E-state index in [1.165, 1.54) is 7.11 Å². The van der Waals surface area contributed by atoms with Crippen molar-refractivity contribution in [2.45, 2.75) is 11.4 Å². The molecular formula is C14H15ClN2O3S. The normalized spacial score (nSPS) is 11.2. The lowest BCUT2D eigenvalue weighted by atomic mass is 10.2. The summed E-state index contributed by atoms with van der Waals surface area (Å²) in [6.45, 7) is 0.288. The molecule has 0 unspecified atom stereocenters. The van der Waals surface area contributed by atoms with Crippen molar-refractivity contribution in [2.24, 2.45) is 0 Å². The van der Waals surface area contributed by atoms with Crippen molar-refractivity contribution in [1.82, 2.24) is 4.98 Å². The zero-order chi connectivity index (χ0) is 15.5. The van der Waals surface area contributed by atoms with Gasteiger partial charge in [-0.15, -0.1) is 0 Å². The number of nitrogens with one attached hydrogen (secondary N) is 1. The number of hydrogen-bond acceptors (Lipinski definition) is 5. The summed E-state index contributed by atoms with van der Waals surface area (Å²) in [5.41, 5.74) is 1.28. The molecule has 0 aliphatic heterocycles. The summed E-state index contributed by atoms with van der Waals surface area (Å²) in [5, 5.41) is 3.51. The molecular weight excluding hydrogens is 312 g/mol. The number of aromatic nitrogens is 1. The van der Waals surface area contributed by atoms with E-state index >= 15 is 0 Å². The van der Waals surface area contributed by atoms with Crippen molar-refractivity contribution in [1.29, 1.82) is 0 Å². The SMILES string of the molecule is COc1ccc(NCc2c(Cl)cccc2S(C)(=O)=O)cn1. The van der Waals surface area contributed by atoms with E-state index in [-0.39, 0.29) is 11.4 Å². The second-order valence-electron chi connectivity index (χ2n) is 4.43. The van der Waals surface area contributed by atoms with Crippen LogP contribution < -0.4 is 10.1 Å². The Balaban J connectivity index is 2.23. The highest BCUT2D eigenvalue weighted by Crippen LogP contribution is 2.25. The van der Waals surface area contributed by atoms with E-state index in [9.17, 15) is 8.42 Å². The van der Waals surface area contributed by atoms with Gasteiger partial charge >= 0.3 is 0 Å². The Kier molecular flexibility index (Phi) is 4.69. The van der Waals surface area contributed by atoms with Crippen LogP contribution in [0.1, 0.15) is 5.56 Å². The van der Waals surface area contributed by atoms with Gasteiger partial charge < -0.3 is 10.1 Å². The standard InChI is InChI=1S/C14H15ClN2O3S/c1-20-14-7-6-10(8-17-14)16-9-11-12(15)4-3-5-13(11)21(2,18)19/h3-8,16H,9H2,1-2H3. The molecule has 1 aromatic heterocycles. The second-order valence-corrected chi connectivity index (χ2v) is 6.82. The van der Waals surface area contributed by atoms with Gasteiger partial charge in [0.25, 0.3) is 0 Å². The first-order valence-corrected chi connectivity index (χ1v) is 8.40. The molecule has 1 N–H and O–H groups in total. The first-order valence-electron chi connectivity index (χ1n) is 6.13. The fourth-order valence-electron chi connectivity index (χ4n) is 1.85. The summed E-state index contributed by atoms with van der Waals surface area (Å²) in [7, 11) is -1.79. The van der Waals surface area contributed by atoms with Crippen molar-refractivity contribution in [3.8, 4) is 5.88 Å². The largest absolute Gasteiger partial charge is 0.481 e. The number of hydrogen-bond donors (Lipinski definition) is 1. The van der Waals surface area contributed by atoms with E-state index in [1.807, 2.05) is 0 Å². The minimum absolute atomic E-state index is 0.226. The molecule has 0 aliphatic carbocycles. The van der Waals surface area contributed by atoms with E-state index in [0.29, 0.717) is 16.5 Å². The van der Waals surface area contributed by atoms with Gasteiger partial charge in [-0.1, -0.05) is 17.7 Å². The molecule has 0 spiro atoms. The molecule has 0 bridgehead atoms. The first kappa shape index (κ1) is 15.6.